The molecule has 1 N–H and O–H groups in total. The predicted molar refractivity (Wildman–Crippen MR) is 145 cm³/mol. The van der Waals surface area contributed by atoms with Crippen molar-refractivity contribution in [3.05, 3.63) is 52.1 Å². The summed E-state index contributed by atoms with van der Waals surface area (Å²) in [5.74, 6) is -0.783. The first-order valence-electron chi connectivity index (χ1n) is 12.9. The number of amides is 1. The van der Waals surface area contributed by atoms with Gasteiger partial charge in [0.15, 0.2) is 0 Å². The number of benzene rings is 1. The second-order valence-electron chi connectivity index (χ2n) is 9.19. The predicted octanol–water partition coefficient (Wildman–Crippen LogP) is 2.55. The fourth-order valence-corrected chi connectivity index (χ4v) is 3.41. The zero-order chi connectivity index (χ0) is 28.9. The number of ether oxygens (including phenoxy) is 4. The van der Waals surface area contributed by atoms with Crippen molar-refractivity contribution in [3.63, 3.8) is 0 Å². The van der Waals surface area contributed by atoms with Crippen LogP contribution in [-0.4, -0.2) is 100 Å². The average Bonchev–Trinajstić information content (AvgIpc) is 2.93. The number of rotatable bonds is 22. The summed E-state index contributed by atoms with van der Waals surface area (Å²) in [5.41, 5.74) is -0.548. The van der Waals surface area contributed by atoms with Crippen LogP contribution in [0.15, 0.2) is 36.4 Å². The quantitative estimate of drug-likeness (QED) is 0.0569. The van der Waals surface area contributed by atoms with Crippen LogP contribution in [0.3, 0.4) is 0 Å². The number of carbonyl (C=O) groups excluding carboxylic acids is 3. The first-order chi connectivity index (χ1) is 18.7. The monoisotopic (exact) mass is 551 g/mol. The Morgan fingerprint density at radius 2 is 1.69 bits per heavy atom. The summed E-state index contributed by atoms with van der Waals surface area (Å²) in [7, 11) is 3.30. The summed E-state index contributed by atoms with van der Waals surface area (Å²) in [4.78, 5) is 46.5. The highest BCUT2D eigenvalue weighted by Crippen LogP contribution is 2.14. The molecule has 1 unspecified atom stereocenters. The van der Waals surface area contributed by atoms with Crippen LogP contribution in [-0.2, 0) is 28.5 Å². The van der Waals surface area contributed by atoms with Gasteiger partial charge in [0.05, 0.1) is 49.1 Å². The van der Waals surface area contributed by atoms with Gasteiger partial charge in [0.2, 0.25) is 5.91 Å². The normalized spacial score (nSPS) is 12.7. The van der Waals surface area contributed by atoms with Crippen molar-refractivity contribution in [1.29, 1.82) is 0 Å². The van der Waals surface area contributed by atoms with Crippen LogP contribution in [0.25, 0.3) is 0 Å². The molecule has 0 saturated heterocycles. The SMILES string of the molecule is COCCOCCOCC(C)(COC(=O)c1ccc([N+](=O)[O-])cc1)NCCCCCCN(C)C(=O)/C=C\C=O. The summed E-state index contributed by atoms with van der Waals surface area (Å²) >= 11 is 0. The standard InChI is InChI=1S/C27H41N3O9/c1-27(21-38-20-19-37-18-17-36-3,22-39-26(33)23-10-12-24(13-11-23)30(34)35)28-14-6-4-5-7-15-29(2)25(32)9-8-16-31/h8-13,16,28H,4-7,14-15,17-22H2,1-3H3/b9-8-. The van der Waals surface area contributed by atoms with Gasteiger partial charge in [-0.2, -0.15) is 0 Å². The average molecular weight is 552 g/mol. The number of unbranched alkanes of at least 4 members (excludes halogenated alkanes) is 3. The molecular formula is C27H41N3O9. The molecule has 1 aromatic carbocycles. The van der Waals surface area contributed by atoms with E-state index in [1.54, 1.807) is 19.1 Å². The summed E-state index contributed by atoms with van der Waals surface area (Å²) in [6.45, 7) is 5.22. The van der Waals surface area contributed by atoms with Gasteiger partial charge in [0.25, 0.3) is 5.69 Å². The van der Waals surface area contributed by atoms with E-state index in [-0.39, 0.29) is 30.4 Å². The maximum Gasteiger partial charge on any atom is 0.338 e. The number of nitro groups is 1. The first-order valence-corrected chi connectivity index (χ1v) is 12.9. The van der Waals surface area contributed by atoms with Gasteiger partial charge in [-0.25, -0.2) is 4.79 Å². The van der Waals surface area contributed by atoms with Crippen molar-refractivity contribution < 1.29 is 38.3 Å². The lowest BCUT2D eigenvalue weighted by Crippen LogP contribution is -2.51. The van der Waals surface area contributed by atoms with Crippen molar-refractivity contribution in [1.82, 2.24) is 10.2 Å². The largest absolute Gasteiger partial charge is 0.460 e. The minimum absolute atomic E-state index is 0.0363. The summed E-state index contributed by atoms with van der Waals surface area (Å²) < 4.78 is 21.6. The van der Waals surface area contributed by atoms with Crippen LogP contribution < -0.4 is 5.32 Å². The molecule has 1 aromatic rings. The molecule has 1 amide bonds. The molecule has 0 aliphatic heterocycles. The van der Waals surface area contributed by atoms with E-state index in [0.717, 1.165) is 25.7 Å². The van der Waals surface area contributed by atoms with Crippen molar-refractivity contribution in [3.8, 4) is 0 Å². The Labute approximate surface area is 229 Å². The minimum Gasteiger partial charge on any atom is -0.460 e. The Kier molecular flexibility index (Phi) is 17.2. The van der Waals surface area contributed by atoms with Crippen LogP contribution >= 0.6 is 0 Å². The van der Waals surface area contributed by atoms with E-state index in [1.165, 1.54) is 36.4 Å². The third-order valence-corrected chi connectivity index (χ3v) is 5.73. The molecule has 1 rings (SSSR count). The molecule has 12 heteroatoms. The number of carbonyl (C=O) groups is 3. The van der Waals surface area contributed by atoms with Gasteiger partial charge in [-0.3, -0.25) is 19.7 Å². The molecule has 0 spiro atoms. The van der Waals surface area contributed by atoms with Crippen molar-refractivity contribution >= 4 is 23.9 Å². The Bertz CT molecular complexity index is 908. The van der Waals surface area contributed by atoms with E-state index in [0.29, 0.717) is 45.8 Å². The van der Waals surface area contributed by atoms with Gasteiger partial charge in [-0.05, 0) is 44.5 Å². The van der Waals surface area contributed by atoms with E-state index in [9.17, 15) is 24.5 Å². The van der Waals surface area contributed by atoms with Crippen molar-refractivity contribution in [2.45, 2.75) is 38.1 Å². The molecular weight excluding hydrogens is 510 g/mol. The van der Waals surface area contributed by atoms with Gasteiger partial charge in [0, 0.05) is 38.9 Å². The molecule has 12 nitrogen and oxygen atoms in total. The number of aldehydes is 1. The first kappa shape index (κ1) is 33.8. The van der Waals surface area contributed by atoms with Gasteiger partial charge in [0.1, 0.15) is 12.9 Å². The van der Waals surface area contributed by atoms with Crippen LogP contribution in [0, 0.1) is 10.1 Å². The lowest BCUT2D eigenvalue weighted by Gasteiger charge is -2.30. The summed E-state index contributed by atoms with van der Waals surface area (Å²) in [5, 5.41) is 14.3. The Morgan fingerprint density at radius 1 is 1.03 bits per heavy atom. The molecule has 39 heavy (non-hydrogen) atoms. The maximum atomic E-state index is 12.5. The number of nitro benzene ring substituents is 1. The molecule has 218 valence electrons. The lowest BCUT2D eigenvalue weighted by molar-refractivity contribution is -0.384. The lowest BCUT2D eigenvalue weighted by atomic mass is 10.0. The number of hydrogen-bond donors (Lipinski definition) is 1. The van der Waals surface area contributed by atoms with Crippen LogP contribution in [0.2, 0.25) is 0 Å². The zero-order valence-electron chi connectivity index (χ0n) is 23.1. The highest BCUT2D eigenvalue weighted by molar-refractivity contribution is 5.90. The topological polar surface area (TPSA) is 147 Å². The van der Waals surface area contributed by atoms with Gasteiger partial charge in [-0.15, -0.1) is 0 Å². The molecule has 0 saturated carbocycles. The fourth-order valence-electron chi connectivity index (χ4n) is 3.41. The minimum atomic E-state index is -0.666. The van der Waals surface area contributed by atoms with Crippen LogP contribution in [0.5, 0.6) is 0 Å². The Hall–Kier alpha value is -3.19. The zero-order valence-corrected chi connectivity index (χ0v) is 23.1. The summed E-state index contributed by atoms with van der Waals surface area (Å²) in [6.07, 6.45) is 6.58. The molecule has 0 heterocycles. The van der Waals surface area contributed by atoms with Crippen molar-refractivity contribution in [2.24, 2.45) is 0 Å². The second-order valence-corrected chi connectivity index (χ2v) is 9.19. The van der Waals surface area contributed by atoms with Gasteiger partial charge in [-0.1, -0.05) is 12.8 Å². The second kappa shape index (κ2) is 19.8. The molecule has 0 fully saturated rings. The third-order valence-electron chi connectivity index (χ3n) is 5.73. The number of hydrogen-bond acceptors (Lipinski definition) is 10. The maximum absolute atomic E-state index is 12.5. The number of esters is 1. The van der Waals surface area contributed by atoms with Crippen molar-refractivity contribution in [2.75, 3.05) is 66.9 Å². The highest BCUT2D eigenvalue weighted by atomic mass is 16.6. The number of nitrogens with zero attached hydrogens (tertiary/aromatic N) is 2. The number of nitrogens with one attached hydrogen (secondary N) is 1. The third kappa shape index (κ3) is 15.1. The van der Waals surface area contributed by atoms with E-state index in [1.807, 2.05) is 6.92 Å². The highest BCUT2D eigenvalue weighted by Gasteiger charge is 2.26. The van der Waals surface area contributed by atoms with Gasteiger partial charge < -0.3 is 29.2 Å². The number of methoxy groups -OCH3 is 1. The van der Waals surface area contributed by atoms with Crippen LogP contribution in [0.4, 0.5) is 5.69 Å². The molecule has 0 aromatic heterocycles. The number of allylic oxidation sites excluding steroid dienone is 1. The number of non-ortho nitro benzene ring substituents is 1. The smallest absolute Gasteiger partial charge is 0.338 e. The molecule has 1 atom stereocenters. The van der Waals surface area contributed by atoms with Gasteiger partial charge >= 0.3 is 5.97 Å². The van der Waals surface area contributed by atoms with E-state index in [4.69, 9.17) is 18.9 Å². The van der Waals surface area contributed by atoms with Crippen LogP contribution in [0.1, 0.15) is 43.0 Å². The molecule has 0 aliphatic carbocycles. The number of likely N-dealkylation sites (N-methyl/N-ethyl adjacent to an activating group) is 1. The van der Waals surface area contributed by atoms with E-state index in [2.05, 4.69) is 5.32 Å². The summed E-state index contributed by atoms with van der Waals surface area (Å²) in [6, 6.07) is 5.25. The van der Waals surface area contributed by atoms with E-state index >= 15 is 0 Å². The molecule has 0 radical (unpaired) electrons. The fraction of sp³-hybridized carbons (Fsp3) is 0.593. The molecule has 0 bridgehead atoms. The Balaban J connectivity index is 2.51. The Morgan fingerprint density at radius 3 is 2.36 bits per heavy atom. The molecule has 0 aliphatic rings. The van der Waals surface area contributed by atoms with E-state index < -0.39 is 16.4 Å².